The van der Waals surface area contributed by atoms with Crippen molar-refractivity contribution in [3.63, 3.8) is 0 Å². The third-order valence-electron chi connectivity index (χ3n) is 2.89. The Bertz CT molecular complexity index is 585. The molecule has 0 unspecified atom stereocenters. The van der Waals surface area contributed by atoms with E-state index in [9.17, 15) is 4.79 Å². The summed E-state index contributed by atoms with van der Waals surface area (Å²) in [5.41, 5.74) is 1.83. The lowest BCUT2D eigenvalue weighted by atomic mass is 10.1. The van der Waals surface area contributed by atoms with E-state index in [2.05, 4.69) is 15.7 Å². The van der Waals surface area contributed by atoms with Gasteiger partial charge in [-0.15, -0.1) is 0 Å². The zero-order valence-corrected chi connectivity index (χ0v) is 12.8. The van der Waals surface area contributed by atoms with Gasteiger partial charge in [-0.3, -0.25) is 9.48 Å². The van der Waals surface area contributed by atoms with E-state index < -0.39 is 0 Å². The van der Waals surface area contributed by atoms with Crippen molar-refractivity contribution in [3.8, 4) is 0 Å². The van der Waals surface area contributed by atoms with Crippen LogP contribution >= 0.6 is 0 Å². The fourth-order valence-corrected chi connectivity index (χ4v) is 1.88. The number of anilines is 1. The Kier molecular flexibility index (Phi) is 4.75. The second-order valence-electron chi connectivity index (χ2n) is 6.06. The molecule has 5 heteroatoms. The lowest BCUT2D eigenvalue weighted by Gasteiger charge is -2.20. The average Bonchev–Trinajstić information content (AvgIpc) is 2.89. The number of nitrogens with zero attached hydrogens (tertiary/aromatic N) is 2. The van der Waals surface area contributed by atoms with Gasteiger partial charge < -0.3 is 10.6 Å². The Morgan fingerprint density at radius 2 is 2.10 bits per heavy atom. The SMILES string of the molecule is CC(C)(C)NCC(=O)Nc1cccc(Cn2cccn2)c1. The summed E-state index contributed by atoms with van der Waals surface area (Å²) in [7, 11) is 0. The lowest BCUT2D eigenvalue weighted by Crippen LogP contribution is -2.41. The van der Waals surface area contributed by atoms with Crippen LogP contribution in [0, 0.1) is 0 Å². The molecule has 21 heavy (non-hydrogen) atoms. The molecule has 1 aromatic carbocycles. The van der Waals surface area contributed by atoms with E-state index in [1.165, 1.54) is 0 Å². The minimum Gasteiger partial charge on any atom is -0.325 e. The van der Waals surface area contributed by atoms with E-state index in [4.69, 9.17) is 0 Å². The summed E-state index contributed by atoms with van der Waals surface area (Å²) >= 11 is 0. The molecule has 2 N–H and O–H groups in total. The van der Waals surface area contributed by atoms with E-state index in [1.807, 2.05) is 62.0 Å². The summed E-state index contributed by atoms with van der Waals surface area (Å²) in [4.78, 5) is 11.9. The zero-order valence-electron chi connectivity index (χ0n) is 12.8. The van der Waals surface area contributed by atoms with Crippen LogP contribution in [0.2, 0.25) is 0 Å². The first kappa shape index (κ1) is 15.3. The van der Waals surface area contributed by atoms with Crippen LogP contribution in [0.5, 0.6) is 0 Å². The molecule has 0 aliphatic rings. The summed E-state index contributed by atoms with van der Waals surface area (Å²) < 4.78 is 1.85. The Morgan fingerprint density at radius 1 is 1.29 bits per heavy atom. The summed E-state index contributed by atoms with van der Waals surface area (Å²) in [6, 6.07) is 9.71. The summed E-state index contributed by atoms with van der Waals surface area (Å²) in [5.74, 6) is -0.0406. The highest BCUT2D eigenvalue weighted by Crippen LogP contribution is 2.11. The van der Waals surface area contributed by atoms with Gasteiger partial charge in [-0.05, 0) is 44.5 Å². The minimum absolute atomic E-state index is 0.0406. The van der Waals surface area contributed by atoms with E-state index in [1.54, 1.807) is 6.20 Å². The number of rotatable bonds is 5. The first-order chi connectivity index (χ1) is 9.92. The number of nitrogens with one attached hydrogen (secondary N) is 2. The van der Waals surface area contributed by atoms with Gasteiger partial charge in [0, 0.05) is 23.6 Å². The predicted octanol–water partition coefficient (Wildman–Crippen LogP) is 2.26. The maximum atomic E-state index is 11.9. The highest BCUT2D eigenvalue weighted by molar-refractivity contribution is 5.92. The topological polar surface area (TPSA) is 59.0 Å². The molecule has 112 valence electrons. The first-order valence-electron chi connectivity index (χ1n) is 7.04. The van der Waals surface area contributed by atoms with Crippen molar-refractivity contribution in [2.24, 2.45) is 0 Å². The van der Waals surface area contributed by atoms with E-state index in [-0.39, 0.29) is 11.4 Å². The summed E-state index contributed by atoms with van der Waals surface area (Å²) in [6.07, 6.45) is 3.67. The second kappa shape index (κ2) is 6.54. The van der Waals surface area contributed by atoms with Crippen LogP contribution in [0.3, 0.4) is 0 Å². The Balaban J connectivity index is 1.93. The van der Waals surface area contributed by atoms with E-state index in [0.717, 1.165) is 11.3 Å². The van der Waals surface area contributed by atoms with Gasteiger partial charge in [0.15, 0.2) is 0 Å². The fraction of sp³-hybridized carbons (Fsp3) is 0.375. The van der Waals surface area contributed by atoms with Gasteiger partial charge in [0.1, 0.15) is 0 Å². The fourth-order valence-electron chi connectivity index (χ4n) is 1.88. The third kappa shape index (κ3) is 5.39. The molecule has 0 saturated carbocycles. The first-order valence-corrected chi connectivity index (χ1v) is 7.04. The number of carbonyl (C=O) groups excluding carboxylic acids is 1. The van der Waals surface area contributed by atoms with Gasteiger partial charge in [0.2, 0.25) is 5.91 Å². The van der Waals surface area contributed by atoms with Gasteiger partial charge in [-0.25, -0.2) is 0 Å². The molecule has 0 aliphatic carbocycles. The van der Waals surface area contributed by atoms with E-state index >= 15 is 0 Å². The maximum Gasteiger partial charge on any atom is 0.238 e. The number of benzene rings is 1. The largest absolute Gasteiger partial charge is 0.325 e. The number of hydrogen-bond acceptors (Lipinski definition) is 3. The molecule has 1 heterocycles. The van der Waals surface area contributed by atoms with Crippen LogP contribution in [0.1, 0.15) is 26.3 Å². The number of hydrogen-bond donors (Lipinski definition) is 2. The van der Waals surface area contributed by atoms with Crippen LogP contribution in [-0.4, -0.2) is 27.8 Å². The summed E-state index contributed by atoms with van der Waals surface area (Å²) in [5, 5.41) is 10.2. The molecule has 1 amide bonds. The van der Waals surface area contributed by atoms with Crippen molar-refractivity contribution in [1.82, 2.24) is 15.1 Å². The van der Waals surface area contributed by atoms with Crippen LogP contribution in [-0.2, 0) is 11.3 Å². The van der Waals surface area contributed by atoms with Crippen molar-refractivity contribution in [2.45, 2.75) is 32.9 Å². The molecule has 0 spiro atoms. The van der Waals surface area contributed by atoms with Crippen molar-refractivity contribution >= 4 is 11.6 Å². The molecule has 2 rings (SSSR count). The van der Waals surface area contributed by atoms with Crippen LogP contribution in [0.4, 0.5) is 5.69 Å². The lowest BCUT2D eigenvalue weighted by molar-refractivity contribution is -0.115. The Hall–Kier alpha value is -2.14. The molecule has 0 bridgehead atoms. The molecular weight excluding hydrogens is 264 g/mol. The minimum atomic E-state index is -0.0702. The van der Waals surface area contributed by atoms with Crippen LogP contribution in [0.25, 0.3) is 0 Å². The number of aromatic nitrogens is 2. The molecule has 0 aliphatic heterocycles. The normalized spacial score (nSPS) is 11.4. The smallest absolute Gasteiger partial charge is 0.238 e. The maximum absolute atomic E-state index is 11.9. The van der Waals surface area contributed by atoms with Gasteiger partial charge in [0.05, 0.1) is 13.1 Å². The molecule has 0 saturated heterocycles. The highest BCUT2D eigenvalue weighted by Gasteiger charge is 2.11. The van der Waals surface area contributed by atoms with Crippen molar-refractivity contribution in [2.75, 3.05) is 11.9 Å². The molecular formula is C16H22N4O. The summed E-state index contributed by atoms with van der Waals surface area (Å²) in [6.45, 7) is 7.09. The molecule has 0 fully saturated rings. The molecule has 0 atom stereocenters. The van der Waals surface area contributed by atoms with Crippen molar-refractivity contribution in [3.05, 3.63) is 48.3 Å². The van der Waals surface area contributed by atoms with Gasteiger partial charge in [0.25, 0.3) is 0 Å². The van der Waals surface area contributed by atoms with Crippen LogP contribution < -0.4 is 10.6 Å². The van der Waals surface area contributed by atoms with E-state index in [0.29, 0.717) is 13.1 Å². The van der Waals surface area contributed by atoms with Crippen molar-refractivity contribution < 1.29 is 4.79 Å². The molecule has 5 nitrogen and oxygen atoms in total. The quantitative estimate of drug-likeness (QED) is 0.886. The molecule has 1 aromatic heterocycles. The second-order valence-corrected chi connectivity index (χ2v) is 6.06. The van der Waals surface area contributed by atoms with Gasteiger partial charge in [-0.1, -0.05) is 12.1 Å². The number of carbonyl (C=O) groups is 1. The Morgan fingerprint density at radius 3 is 2.76 bits per heavy atom. The van der Waals surface area contributed by atoms with Crippen molar-refractivity contribution in [1.29, 1.82) is 0 Å². The van der Waals surface area contributed by atoms with Crippen LogP contribution in [0.15, 0.2) is 42.7 Å². The Labute approximate surface area is 125 Å². The standard InChI is InChI=1S/C16H22N4O/c1-16(2,3)17-11-15(21)19-14-7-4-6-13(10-14)12-20-9-5-8-18-20/h4-10,17H,11-12H2,1-3H3,(H,19,21). The zero-order chi connectivity index (χ0) is 15.3. The third-order valence-corrected chi connectivity index (χ3v) is 2.89. The predicted molar refractivity (Wildman–Crippen MR) is 84.2 cm³/mol. The highest BCUT2D eigenvalue weighted by atomic mass is 16.1. The number of amides is 1. The monoisotopic (exact) mass is 286 g/mol. The van der Waals surface area contributed by atoms with Gasteiger partial charge in [-0.2, -0.15) is 5.10 Å². The molecule has 0 radical (unpaired) electrons. The van der Waals surface area contributed by atoms with Gasteiger partial charge >= 0.3 is 0 Å². The average molecular weight is 286 g/mol. The molecule has 2 aromatic rings.